The summed E-state index contributed by atoms with van der Waals surface area (Å²) in [6, 6.07) is 6.38. The molecular formula is C13H19Cl3O. The second-order valence-electron chi connectivity index (χ2n) is 3.67. The number of carbonyl (C=O) groups excluding carboxylic acids is 1. The van der Waals surface area contributed by atoms with E-state index in [2.05, 4.69) is 39.0 Å². The Hall–Kier alpha value is -0.240. The molecule has 0 atom stereocenters. The van der Waals surface area contributed by atoms with Crippen LogP contribution in [-0.4, -0.2) is 10.1 Å². The van der Waals surface area contributed by atoms with Crippen LogP contribution < -0.4 is 0 Å². The van der Waals surface area contributed by atoms with Crippen LogP contribution in [-0.2, 0) is 4.79 Å². The molecule has 0 unspecified atom stereocenters. The van der Waals surface area contributed by atoms with Gasteiger partial charge in [0.05, 0.1) is 0 Å². The van der Waals surface area contributed by atoms with Crippen LogP contribution in [0.2, 0.25) is 0 Å². The number of hydrogen-bond donors (Lipinski definition) is 0. The average molecular weight is 298 g/mol. The largest absolute Gasteiger partial charge is 0.300 e. The van der Waals surface area contributed by atoms with E-state index in [4.69, 9.17) is 34.8 Å². The van der Waals surface area contributed by atoms with Crippen LogP contribution in [0.1, 0.15) is 30.5 Å². The van der Waals surface area contributed by atoms with E-state index >= 15 is 0 Å². The lowest BCUT2D eigenvalue weighted by Gasteiger charge is -2.00. The van der Waals surface area contributed by atoms with Gasteiger partial charge in [0.15, 0.2) is 4.30 Å². The minimum Gasteiger partial charge on any atom is -0.300 e. The van der Waals surface area contributed by atoms with Crippen molar-refractivity contribution < 1.29 is 4.79 Å². The number of hydrogen-bond acceptors (Lipinski definition) is 1. The zero-order valence-corrected chi connectivity index (χ0v) is 13.1. The Balaban J connectivity index is 0. The van der Waals surface area contributed by atoms with E-state index in [-0.39, 0.29) is 5.78 Å². The maximum Gasteiger partial charge on any atom is 0.180 e. The summed E-state index contributed by atoms with van der Waals surface area (Å²) in [5.74, 6) is 0.167. The van der Waals surface area contributed by atoms with Crippen LogP contribution in [0.4, 0.5) is 0 Å². The van der Waals surface area contributed by atoms with Crippen molar-refractivity contribution in [3.63, 3.8) is 0 Å². The van der Waals surface area contributed by atoms with E-state index in [0.717, 1.165) is 0 Å². The van der Waals surface area contributed by atoms with Gasteiger partial charge in [0.25, 0.3) is 0 Å². The summed E-state index contributed by atoms with van der Waals surface area (Å²) in [5.41, 5.74) is 4.18. The Morgan fingerprint density at radius 2 is 1.24 bits per heavy atom. The van der Waals surface area contributed by atoms with Crippen LogP contribution in [0.5, 0.6) is 0 Å². The van der Waals surface area contributed by atoms with E-state index < -0.39 is 4.30 Å². The Kier molecular flexibility index (Phi) is 12.2. The molecule has 0 saturated heterocycles. The second kappa shape index (κ2) is 10.9. The first kappa shape index (κ1) is 19.1. The summed E-state index contributed by atoms with van der Waals surface area (Å²) in [7, 11) is 0. The normalized spacial score (nSPS) is 8.76. The van der Waals surface area contributed by atoms with E-state index in [1.54, 1.807) is 0 Å². The van der Waals surface area contributed by atoms with Crippen LogP contribution in [0, 0.1) is 20.8 Å². The number of alkyl halides is 3. The highest BCUT2D eigenvalue weighted by Crippen LogP contribution is 2.09. The lowest BCUT2D eigenvalue weighted by atomic mass is 10.1. The molecule has 0 aliphatic carbocycles. The summed E-state index contributed by atoms with van der Waals surface area (Å²) in [6.07, 6.45) is 0. The molecule has 0 radical (unpaired) electrons. The molecule has 98 valence electrons. The fourth-order valence-corrected chi connectivity index (χ4v) is 0.898. The first-order chi connectivity index (χ1) is 7.68. The smallest absolute Gasteiger partial charge is 0.180 e. The number of rotatable bonds is 0. The molecule has 0 heterocycles. The molecule has 0 fully saturated rings. The molecule has 1 aromatic rings. The number of carbonyl (C=O) groups is 1. The summed E-state index contributed by atoms with van der Waals surface area (Å²) >= 11 is 14.4. The van der Waals surface area contributed by atoms with Gasteiger partial charge in [-0.3, -0.25) is 0 Å². The van der Waals surface area contributed by atoms with Gasteiger partial charge in [-0.05, 0) is 51.3 Å². The standard InChI is InChI=1S/C9H12.C3H6O.CHCl3/c1-7-5-4-6-8(2)9(7)3;1-3(2)4;2-1(3)4/h4-6H,1-3H3;1-2H3;1H. The lowest BCUT2D eigenvalue weighted by Crippen LogP contribution is -1.82. The highest BCUT2D eigenvalue weighted by molar-refractivity contribution is 6.63. The maximum absolute atomic E-state index is 9.44. The van der Waals surface area contributed by atoms with Gasteiger partial charge in [0.1, 0.15) is 5.78 Å². The van der Waals surface area contributed by atoms with Crippen molar-refractivity contribution in [2.45, 2.75) is 38.9 Å². The fourth-order valence-electron chi connectivity index (χ4n) is 0.898. The minimum absolute atomic E-state index is 0.167. The third-order valence-electron chi connectivity index (χ3n) is 1.88. The highest BCUT2D eigenvalue weighted by Gasteiger charge is 1.91. The van der Waals surface area contributed by atoms with Crippen LogP contribution >= 0.6 is 34.8 Å². The van der Waals surface area contributed by atoms with Gasteiger partial charge < -0.3 is 4.79 Å². The zero-order chi connectivity index (χ0) is 14.0. The van der Waals surface area contributed by atoms with Crippen molar-refractivity contribution in [3.8, 4) is 0 Å². The summed E-state index contributed by atoms with van der Waals surface area (Å²) in [6.45, 7) is 9.50. The van der Waals surface area contributed by atoms with Gasteiger partial charge in [-0.2, -0.15) is 0 Å². The van der Waals surface area contributed by atoms with E-state index in [1.807, 2.05) is 0 Å². The van der Waals surface area contributed by atoms with Crippen molar-refractivity contribution in [2.24, 2.45) is 0 Å². The molecule has 0 amide bonds. The molecule has 0 spiro atoms. The van der Waals surface area contributed by atoms with Crippen molar-refractivity contribution in [1.29, 1.82) is 0 Å². The topological polar surface area (TPSA) is 17.1 Å². The monoisotopic (exact) mass is 296 g/mol. The second-order valence-corrected chi connectivity index (χ2v) is 5.65. The van der Waals surface area contributed by atoms with Crippen LogP contribution in [0.3, 0.4) is 0 Å². The van der Waals surface area contributed by atoms with Crippen molar-refractivity contribution in [2.75, 3.05) is 0 Å². The first-order valence-corrected chi connectivity index (χ1v) is 6.41. The van der Waals surface area contributed by atoms with Gasteiger partial charge in [-0.15, -0.1) is 0 Å². The summed E-state index contributed by atoms with van der Waals surface area (Å²) in [5, 5.41) is 0. The van der Waals surface area contributed by atoms with Crippen LogP contribution in [0.25, 0.3) is 0 Å². The van der Waals surface area contributed by atoms with Crippen molar-refractivity contribution in [3.05, 3.63) is 34.9 Å². The van der Waals surface area contributed by atoms with Gasteiger partial charge >= 0.3 is 0 Å². The molecule has 4 heteroatoms. The number of Topliss-reactive ketones (excluding diaryl/α,β-unsaturated/α-hetero) is 1. The van der Waals surface area contributed by atoms with Gasteiger partial charge in [0, 0.05) is 0 Å². The Labute approximate surface area is 119 Å². The quantitative estimate of drug-likeness (QED) is 0.602. The van der Waals surface area contributed by atoms with E-state index in [9.17, 15) is 4.79 Å². The summed E-state index contributed by atoms with van der Waals surface area (Å²) in [4.78, 5) is 9.44. The molecule has 0 bridgehead atoms. The Bertz CT molecular complexity index is 308. The van der Waals surface area contributed by atoms with Gasteiger partial charge in [-0.1, -0.05) is 53.0 Å². The number of benzene rings is 1. The van der Waals surface area contributed by atoms with Crippen LogP contribution in [0.15, 0.2) is 18.2 Å². The average Bonchev–Trinajstić information content (AvgIpc) is 2.12. The summed E-state index contributed by atoms with van der Waals surface area (Å²) < 4.78 is -0.750. The predicted octanol–water partition coefficient (Wildman–Crippen LogP) is 5.19. The molecule has 1 rings (SSSR count). The zero-order valence-electron chi connectivity index (χ0n) is 10.9. The van der Waals surface area contributed by atoms with E-state index in [0.29, 0.717) is 0 Å². The maximum atomic E-state index is 9.44. The molecule has 0 N–H and O–H groups in total. The predicted molar refractivity (Wildman–Crippen MR) is 78.4 cm³/mol. The number of halogens is 3. The van der Waals surface area contributed by atoms with Gasteiger partial charge in [-0.25, -0.2) is 0 Å². The molecule has 0 saturated carbocycles. The molecule has 17 heavy (non-hydrogen) atoms. The van der Waals surface area contributed by atoms with Gasteiger partial charge in [0.2, 0.25) is 0 Å². The van der Waals surface area contributed by atoms with Crippen molar-refractivity contribution in [1.82, 2.24) is 0 Å². The fraction of sp³-hybridized carbons (Fsp3) is 0.462. The molecule has 0 aliphatic rings. The molecule has 0 aromatic heterocycles. The minimum atomic E-state index is -0.750. The van der Waals surface area contributed by atoms with Crippen molar-refractivity contribution >= 4 is 40.6 Å². The highest BCUT2D eigenvalue weighted by atomic mass is 35.6. The lowest BCUT2D eigenvalue weighted by molar-refractivity contribution is -0.114. The molecule has 0 aliphatic heterocycles. The molecular weight excluding hydrogens is 279 g/mol. The molecule has 1 aromatic carbocycles. The van der Waals surface area contributed by atoms with E-state index in [1.165, 1.54) is 30.5 Å². The third kappa shape index (κ3) is 15.8. The SMILES string of the molecule is CC(C)=O.Cc1cccc(C)c1C.ClC(Cl)Cl. The third-order valence-corrected chi connectivity index (χ3v) is 1.88. The first-order valence-electron chi connectivity index (χ1n) is 5.10. The number of aryl methyl sites for hydroxylation is 2. The molecule has 1 nitrogen and oxygen atoms in total. The Morgan fingerprint density at radius 3 is 1.41 bits per heavy atom. The Morgan fingerprint density at radius 1 is 1.00 bits per heavy atom. The number of ketones is 1.